The molecule has 6 nitrogen and oxygen atoms in total. The number of carbonyl (C=O) groups is 1. The first-order chi connectivity index (χ1) is 10.3. The number of nitrogens with two attached hydrogens (primary N) is 1. The van der Waals surface area contributed by atoms with Gasteiger partial charge >= 0.3 is 0 Å². The Morgan fingerprint density at radius 3 is 2.70 bits per heavy atom. The first-order valence-corrected chi connectivity index (χ1v) is 9.30. The molecule has 1 aromatic carbocycles. The molecule has 0 aromatic heterocycles. The molecule has 1 amide bonds. The van der Waals surface area contributed by atoms with Crippen molar-refractivity contribution in [1.29, 1.82) is 0 Å². The zero-order valence-electron chi connectivity index (χ0n) is 13.4. The van der Waals surface area contributed by atoms with Gasteiger partial charge in [0.05, 0.1) is 11.9 Å². The molecule has 1 atom stereocenters. The predicted octanol–water partition coefficient (Wildman–Crippen LogP) is 1.74. The standard InChI is InChI=1S/C15H23N3O3S.ClH/c1-11-6-7-12(9-14(11)17-22(2,20)21)15(19)18-8-4-3-5-13(18)10-16;/h6-7,9,13,17H,3-5,8,10,16H2,1-2H3;1H. The molecule has 1 aliphatic rings. The van der Waals surface area contributed by atoms with Gasteiger partial charge in [-0.05, 0) is 43.9 Å². The van der Waals surface area contributed by atoms with Crippen LogP contribution in [0.15, 0.2) is 18.2 Å². The topological polar surface area (TPSA) is 92.5 Å². The maximum Gasteiger partial charge on any atom is 0.254 e. The van der Waals surface area contributed by atoms with E-state index in [9.17, 15) is 13.2 Å². The SMILES string of the molecule is Cc1ccc(C(=O)N2CCCCC2CN)cc1NS(C)(=O)=O.Cl. The van der Waals surface area contributed by atoms with E-state index in [4.69, 9.17) is 5.73 Å². The lowest BCUT2D eigenvalue weighted by atomic mass is 10.0. The second-order valence-electron chi connectivity index (χ2n) is 5.79. The zero-order valence-corrected chi connectivity index (χ0v) is 15.0. The molecule has 1 fully saturated rings. The molecule has 1 aromatic rings. The number of amides is 1. The lowest BCUT2D eigenvalue weighted by Crippen LogP contribution is -2.47. The quantitative estimate of drug-likeness (QED) is 0.854. The lowest BCUT2D eigenvalue weighted by Gasteiger charge is -2.35. The molecule has 0 aliphatic carbocycles. The molecule has 2 rings (SSSR count). The minimum Gasteiger partial charge on any atom is -0.334 e. The number of rotatable bonds is 4. The normalized spacial score (nSPS) is 18.2. The molecule has 130 valence electrons. The van der Waals surface area contributed by atoms with E-state index in [0.29, 0.717) is 24.3 Å². The second-order valence-corrected chi connectivity index (χ2v) is 7.54. The summed E-state index contributed by atoms with van der Waals surface area (Å²) in [7, 11) is -3.38. The van der Waals surface area contributed by atoms with Crippen molar-refractivity contribution in [2.75, 3.05) is 24.1 Å². The summed E-state index contributed by atoms with van der Waals surface area (Å²) in [5.41, 5.74) is 7.46. The fourth-order valence-electron chi connectivity index (χ4n) is 2.74. The Morgan fingerprint density at radius 2 is 2.09 bits per heavy atom. The van der Waals surface area contributed by atoms with E-state index in [-0.39, 0.29) is 24.4 Å². The van der Waals surface area contributed by atoms with E-state index < -0.39 is 10.0 Å². The summed E-state index contributed by atoms with van der Waals surface area (Å²) in [6.45, 7) is 2.95. The van der Waals surface area contributed by atoms with Crippen molar-refractivity contribution in [1.82, 2.24) is 4.90 Å². The second kappa shape index (κ2) is 7.99. The number of aryl methyl sites for hydroxylation is 1. The molecule has 8 heteroatoms. The highest BCUT2D eigenvalue weighted by molar-refractivity contribution is 7.92. The number of hydrogen-bond donors (Lipinski definition) is 2. The van der Waals surface area contributed by atoms with Crippen molar-refractivity contribution in [3.8, 4) is 0 Å². The van der Waals surface area contributed by atoms with Crippen molar-refractivity contribution in [2.24, 2.45) is 5.73 Å². The molecule has 0 radical (unpaired) electrons. The number of piperidine rings is 1. The van der Waals surface area contributed by atoms with Crippen LogP contribution in [0.4, 0.5) is 5.69 Å². The summed E-state index contributed by atoms with van der Waals surface area (Å²) in [5, 5.41) is 0. The first-order valence-electron chi connectivity index (χ1n) is 7.41. The third kappa shape index (κ3) is 5.09. The number of anilines is 1. The van der Waals surface area contributed by atoms with E-state index in [0.717, 1.165) is 31.1 Å². The summed E-state index contributed by atoms with van der Waals surface area (Å²) in [6, 6.07) is 5.14. The molecular formula is C15H24ClN3O3S. The molecular weight excluding hydrogens is 338 g/mol. The van der Waals surface area contributed by atoms with E-state index in [2.05, 4.69) is 4.72 Å². The van der Waals surface area contributed by atoms with Crippen molar-refractivity contribution in [3.63, 3.8) is 0 Å². The van der Waals surface area contributed by atoms with Crippen LogP contribution in [0.25, 0.3) is 0 Å². The number of sulfonamides is 1. The largest absolute Gasteiger partial charge is 0.334 e. The fourth-order valence-corrected chi connectivity index (χ4v) is 3.36. The Balaban J connectivity index is 0.00000264. The highest BCUT2D eigenvalue weighted by Gasteiger charge is 2.26. The van der Waals surface area contributed by atoms with Gasteiger partial charge in [0.25, 0.3) is 5.91 Å². The van der Waals surface area contributed by atoms with Crippen molar-refractivity contribution in [3.05, 3.63) is 29.3 Å². The van der Waals surface area contributed by atoms with Crippen molar-refractivity contribution in [2.45, 2.75) is 32.2 Å². The Kier molecular flexibility index (Phi) is 6.85. The Labute approximate surface area is 143 Å². The molecule has 0 saturated carbocycles. The number of halogens is 1. The molecule has 1 unspecified atom stereocenters. The first kappa shape index (κ1) is 19.7. The maximum atomic E-state index is 12.7. The van der Waals surface area contributed by atoms with Crippen LogP contribution in [0.5, 0.6) is 0 Å². The molecule has 3 N–H and O–H groups in total. The van der Waals surface area contributed by atoms with Crippen molar-refractivity contribution >= 4 is 34.0 Å². The summed E-state index contributed by atoms with van der Waals surface area (Å²) in [6.07, 6.45) is 4.07. The summed E-state index contributed by atoms with van der Waals surface area (Å²) in [4.78, 5) is 14.5. The number of nitrogens with zero attached hydrogens (tertiary/aromatic N) is 1. The highest BCUT2D eigenvalue weighted by Crippen LogP contribution is 2.23. The van der Waals surface area contributed by atoms with Crippen molar-refractivity contribution < 1.29 is 13.2 Å². The van der Waals surface area contributed by atoms with E-state index >= 15 is 0 Å². The Hall–Kier alpha value is -1.31. The van der Waals surface area contributed by atoms with Gasteiger partial charge in [-0.2, -0.15) is 0 Å². The number of nitrogens with one attached hydrogen (secondary N) is 1. The molecule has 0 bridgehead atoms. The summed E-state index contributed by atoms with van der Waals surface area (Å²) < 4.78 is 25.3. The minimum absolute atomic E-state index is 0. The van der Waals surface area contributed by atoms with Gasteiger partial charge in [0.15, 0.2) is 0 Å². The fraction of sp³-hybridized carbons (Fsp3) is 0.533. The molecule has 0 spiro atoms. The highest BCUT2D eigenvalue weighted by atomic mass is 35.5. The van der Waals surface area contributed by atoms with E-state index in [1.54, 1.807) is 30.0 Å². The van der Waals surface area contributed by atoms with Gasteiger partial charge in [0.1, 0.15) is 0 Å². The smallest absolute Gasteiger partial charge is 0.254 e. The van der Waals surface area contributed by atoms with Gasteiger partial charge in [0.2, 0.25) is 10.0 Å². The van der Waals surface area contributed by atoms with Gasteiger partial charge in [-0.3, -0.25) is 9.52 Å². The molecule has 1 saturated heterocycles. The van der Waals surface area contributed by atoms with Crippen LogP contribution in [0.3, 0.4) is 0 Å². The maximum absolute atomic E-state index is 12.7. The van der Waals surface area contributed by atoms with Crippen LogP contribution in [0.1, 0.15) is 35.2 Å². The van der Waals surface area contributed by atoms with Gasteiger partial charge in [0, 0.05) is 24.7 Å². The number of benzene rings is 1. The van der Waals surface area contributed by atoms with Crippen LogP contribution in [0, 0.1) is 6.92 Å². The van der Waals surface area contributed by atoms with E-state index in [1.165, 1.54) is 0 Å². The third-order valence-corrected chi connectivity index (χ3v) is 4.53. The van der Waals surface area contributed by atoms with Crippen LogP contribution < -0.4 is 10.5 Å². The molecule has 1 aliphatic heterocycles. The van der Waals surface area contributed by atoms with Gasteiger partial charge < -0.3 is 10.6 Å². The average Bonchev–Trinajstić information content (AvgIpc) is 2.47. The summed E-state index contributed by atoms with van der Waals surface area (Å²) >= 11 is 0. The molecule has 1 heterocycles. The van der Waals surface area contributed by atoms with Crippen LogP contribution in [0.2, 0.25) is 0 Å². The summed E-state index contributed by atoms with van der Waals surface area (Å²) in [5.74, 6) is -0.0910. The third-order valence-electron chi connectivity index (χ3n) is 3.94. The van der Waals surface area contributed by atoms with Crippen LogP contribution >= 0.6 is 12.4 Å². The van der Waals surface area contributed by atoms with Gasteiger partial charge in [-0.15, -0.1) is 12.4 Å². The zero-order chi connectivity index (χ0) is 16.3. The van der Waals surface area contributed by atoms with Gasteiger partial charge in [-0.25, -0.2) is 8.42 Å². The van der Waals surface area contributed by atoms with E-state index in [1.807, 2.05) is 0 Å². The van der Waals surface area contributed by atoms with Crippen LogP contribution in [-0.2, 0) is 10.0 Å². The van der Waals surface area contributed by atoms with Crippen LogP contribution in [-0.4, -0.2) is 44.6 Å². The Bertz CT molecular complexity index is 664. The average molecular weight is 362 g/mol. The number of hydrogen-bond acceptors (Lipinski definition) is 4. The number of carbonyl (C=O) groups excluding carboxylic acids is 1. The Morgan fingerprint density at radius 1 is 1.39 bits per heavy atom. The lowest BCUT2D eigenvalue weighted by molar-refractivity contribution is 0.0623. The van der Waals surface area contributed by atoms with Gasteiger partial charge in [-0.1, -0.05) is 6.07 Å². The monoisotopic (exact) mass is 361 g/mol. The molecule has 23 heavy (non-hydrogen) atoms. The minimum atomic E-state index is -3.38. The predicted molar refractivity (Wildman–Crippen MR) is 94.6 cm³/mol. The number of likely N-dealkylation sites (tertiary alicyclic amines) is 1.